The SMILES string of the molecule is COC(=O)[C@]1(Cl)C[C@H]1C(=O)OC(C)(C)C. The maximum atomic E-state index is 11.5. The molecular formula is C10H15ClO4. The Kier molecular flexibility index (Phi) is 3.01. The zero-order valence-corrected chi connectivity index (χ0v) is 10.1. The van der Waals surface area contributed by atoms with Gasteiger partial charge in [0.1, 0.15) is 5.60 Å². The molecule has 0 amide bonds. The molecule has 1 aliphatic rings. The molecule has 0 saturated heterocycles. The predicted octanol–water partition coefficient (Wildman–Crippen LogP) is 1.50. The van der Waals surface area contributed by atoms with Crippen LogP contribution in [0.25, 0.3) is 0 Å². The molecule has 1 saturated carbocycles. The van der Waals surface area contributed by atoms with Gasteiger partial charge in [-0.3, -0.25) is 9.59 Å². The lowest BCUT2D eigenvalue weighted by Gasteiger charge is -2.19. The van der Waals surface area contributed by atoms with Crippen LogP contribution in [-0.2, 0) is 19.1 Å². The van der Waals surface area contributed by atoms with Crippen molar-refractivity contribution in [1.29, 1.82) is 0 Å². The molecule has 0 radical (unpaired) electrons. The molecule has 1 fully saturated rings. The number of carbonyl (C=O) groups is 2. The summed E-state index contributed by atoms with van der Waals surface area (Å²) in [5, 5.41) is 0. The molecule has 0 N–H and O–H groups in total. The van der Waals surface area contributed by atoms with Gasteiger partial charge in [0, 0.05) is 0 Å². The minimum absolute atomic E-state index is 0.288. The van der Waals surface area contributed by atoms with Gasteiger partial charge in [0.2, 0.25) is 0 Å². The Morgan fingerprint density at radius 3 is 2.33 bits per heavy atom. The molecule has 4 nitrogen and oxygen atoms in total. The van der Waals surface area contributed by atoms with Crippen molar-refractivity contribution in [1.82, 2.24) is 0 Å². The molecule has 86 valence electrons. The first-order valence-electron chi connectivity index (χ1n) is 4.71. The zero-order valence-electron chi connectivity index (χ0n) is 9.30. The highest BCUT2D eigenvalue weighted by atomic mass is 35.5. The lowest BCUT2D eigenvalue weighted by molar-refractivity contribution is -0.158. The molecule has 5 heteroatoms. The van der Waals surface area contributed by atoms with Crippen molar-refractivity contribution in [3.8, 4) is 0 Å². The fraction of sp³-hybridized carbons (Fsp3) is 0.800. The van der Waals surface area contributed by atoms with Gasteiger partial charge < -0.3 is 9.47 Å². The van der Waals surface area contributed by atoms with E-state index in [0.717, 1.165) is 0 Å². The van der Waals surface area contributed by atoms with Crippen molar-refractivity contribution in [3.05, 3.63) is 0 Å². The summed E-state index contributed by atoms with van der Waals surface area (Å²) < 4.78 is 9.63. The average Bonchev–Trinajstić information content (AvgIpc) is 2.75. The Hall–Kier alpha value is -0.770. The third-order valence-corrected chi connectivity index (χ3v) is 2.68. The Morgan fingerprint density at radius 1 is 1.40 bits per heavy atom. The van der Waals surface area contributed by atoms with Gasteiger partial charge in [-0.25, -0.2) is 0 Å². The van der Waals surface area contributed by atoms with Crippen LogP contribution in [0.1, 0.15) is 27.2 Å². The van der Waals surface area contributed by atoms with E-state index in [2.05, 4.69) is 4.74 Å². The van der Waals surface area contributed by atoms with Gasteiger partial charge in [-0.05, 0) is 27.2 Å². The van der Waals surface area contributed by atoms with E-state index >= 15 is 0 Å². The molecule has 0 aromatic carbocycles. The van der Waals surface area contributed by atoms with Crippen LogP contribution in [0, 0.1) is 5.92 Å². The number of ether oxygens (including phenoxy) is 2. The number of halogens is 1. The molecule has 0 heterocycles. The standard InChI is InChI=1S/C10H15ClO4/c1-9(2,3)15-7(12)6-5-10(6,11)8(13)14-4/h6H,5H2,1-4H3/t6-,10-/m0/s1. The van der Waals surface area contributed by atoms with Crippen LogP contribution >= 0.6 is 11.6 Å². The molecule has 0 aromatic heterocycles. The zero-order chi connectivity index (χ0) is 11.9. The van der Waals surface area contributed by atoms with E-state index in [9.17, 15) is 9.59 Å². The lowest BCUT2D eigenvalue weighted by atomic mass is 10.2. The van der Waals surface area contributed by atoms with Gasteiger partial charge in [-0.1, -0.05) is 0 Å². The molecule has 0 spiro atoms. The smallest absolute Gasteiger partial charge is 0.327 e. The molecule has 15 heavy (non-hydrogen) atoms. The minimum atomic E-state index is -1.20. The normalized spacial score (nSPS) is 29.5. The van der Waals surface area contributed by atoms with Gasteiger partial charge in [0.05, 0.1) is 13.0 Å². The molecule has 0 aliphatic heterocycles. The van der Waals surface area contributed by atoms with Crippen molar-refractivity contribution in [2.45, 2.75) is 37.7 Å². The first-order chi connectivity index (χ1) is 6.70. The number of hydrogen-bond donors (Lipinski definition) is 0. The second-order valence-corrected chi connectivity index (χ2v) is 5.32. The Bertz CT molecular complexity index is 294. The van der Waals surface area contributed by atoms with Gasteiger partial charge in [-0.15, -0.1) is 11.6 Å². The molecule has 0 bridgehead atoms. The van der Waals surface area contributed by atoms with Gasteiger partial charge in [0.25, 0.3) is 0 Å². The van der Waals surface area contributed by atoms with Crippen molar-refractivity contribution < 1.29 is 19.1 Å². The third kappa shape index (κ3) is 2.62. The van der Waals surface area contributed by atoms with E-state index in [1.54, 1.807) is 20.8 Å². The summed E-state index contributed by atoms with van der Waals surface area (Å²) in [5.41, 5.74) is -0.562. The molecular weight excluding hydrogens is 220 g/mol. The van der Waals surface area contributed by atoms with Crippen molar-refractivity contribution in [2.24, 2.45) is 5.92 Å². The molecule has 2 atom stereocenters. The lowest BCUT2D eigenvalue weighted by Crippen LogP contribution is -2.29. The number of esters is 2. The fourth-order valence-electron chi connectivity index (χ4n) is 1.28. The number of carbonyl (C=O) groups excluding carboxylic acids is 2. The molecule has 0 aromatic rings. The van der Waals surface area contributed by atoms with Crippen LogP contribution in [0.2, 0.25) is 0 Å². The number of alkyl halides is 1. The highest BCUT2D eigenvalue weighted by molar-refractivity contribution is 6.38. The predicted molar refractivity (Wildman–Crippen MR) is 54.6 cm³/mol. The van der Waals surface area contributed by atoms with E-state index in [0.29, 0.717) is 0 Å². The van der Waals surface area contributed by atoms with E-state index in [-0.39, 0.29) is 6.42 Å². The van der Waals surface area contributed by atoms with Crippen LogP contribution in [0.3, 0.4) is 0 Å². The van der Waals surface area contributed by atoms with Gasteiger partial charge in [-0.2, -0.15) is 0 Å². The second kappa shape index (κ2) is 3.67. The average molecular weight is 235 g/mol. The summed E-state index contributed by atoms with van der Waals surface area (Å²) in [6, 6.07) is 0. The molecule has 1 aliphatic carbocycles. The first-order valence-corrected chi connectivity index (χ1v) is 5.08. The van der Waals surface area contributed by atoms with E-state index in [1.165, 1.54) is 7.11 Å². The first kappa shape index (κ1) is 12.3. The molecule has 1 rings (SSSR count). The third-order valence-electron chi connectivity index (χ3n) is 2.11. The maximum absolute atomic E-state index is 11.5. The van der Waals surface area contributed by atoms with Crippen LogP contribution in [-0.4, -0.2) is 29.5 Å². The second-order valence-electron chi connectivity index (χ2n) is 4.64. The number of rotatable bonds is 2. The summed E-state index contributed by atoms with van der Waals surface area (Å²) in [4.78, 5) is 21.6. The summed E-state index contributed by atoms with van der Waals surface area (Å²) in [7, 11) is 1.25. The van der Waals surface area contributed by atoms with Gasteiger partial charge >= 0.3 is 11.9 Å². The van der Waals surface area contributed by atoms with E-state index < -0.39 is 28.3 Å². The van der Waals surface area contributed by atoms with Crippen molar-refractivity contribution in [2.75, 3.05) is 7.11 Å². The van der Waals surface area contributed by atoms with Crippen molar-refractivity contribution in [3.63, 3.8) is 0 Å². The highest BCUT2D eigenvalue weighted by Crippen LogP contribution is 2.51. The largest absolute Gasteiger partial charge is 0.468 e. The van der Waals surface area contributed by atoms with E-state index in [1.807, 2.05) is 0 Å². The van der Waals surface area contributed by atoms with Crippen LogP contribution in [0.4, 0.5) is 0 Å². The minimum Gasteiger partial charge on any atom is -0.468 e. The molecule has 0 unspecified atom stereocenters. The fourth-order valence-corrected chi connectivity index (χ4v) is 1.60. The summed E-state index contributed by atoms with van der Waals surface area (Å²) >= 11 is 5.91. The quantitative estimate of drug-likeness (QED) is 0.537. The summed E-state index contributed by atoms with van der Waals surface area (Å²) in [6.45, 7) is 5.30. The topological polar surface area (TPSA) is 52.6 Å². The number of hydrogen-bond acceptors (Lipinski definition) is 4. The Balaban J connectivity index is 2.57. The summed E-state index contributed by atoms with van der Waals surface area (Å²) in [5.74, 6) is -1.59. The van der Waals surface area contributed by atoms with Crippen LogP contribution < -0.4 is 0 Å². The maximum Gasteiger partial charge on any atom is 0.327 e. The van der Waals surface area contributed by atoms with Crippen LogP contribution in [0.5, 0.6) is 0 Å². The monoisotopic (exact) mass is 234 g/mol. The highest BCUT2D eigenvalue weighted by Gasteiger charge is 2.65. The van der Waals surface area contributed by atoms with Gasteiger partial charge in [0.15, 0.2) is 4.87 Å². The van der Waals surface area contributed by atoms with E-state index in [4.69, 9.17) is 16.3 Å². The Morgan fingerprint density at radius 2 is 1.93 bits per heavy atom. The van der Waals surface area contributed by atoms with Crippen LogP contribution in [0.15, 0.2) is 0 Å². The Labute approximate surface area is 93.9 Å². The van der Waals surface area contributed by atoms with Crippen molar-refractivity contribution >= 4 is 23.5 Å². The number of methoxy groups -OCH3 is 1. The summed E-state index contributed by atoms with van der Waals surface area (Å²) in [6.07, 6.45) is 0.288.